The first kappa shape index (κ1) is 18.5. The maximum atomic E-state index is 5.83. The number of H-pyrrole nitrogens is 1. The Morgan fingerprint density at radius 1 is 1.14 bits per heavy atom. The number of nitrogens with zero attached hydrogens (tertiary/aromatic N) is 1. The summed E-state index contributed by atoms with van der Waals surface area (Å²) < 4.78 is 0. The zero-order chi connectivity index (χ0) is 19.8. The standard InChI is InChI=1S/C27H30N2/c1-3-20-12-14-29(26(17-20)22-7-5-4-6-8-22)18-25-23(16-21-9-10-21)15-19(2)27-24(25)11-13-28-27/h1,4-8,11,13,15,20-21,26,28H,9-10,12,14,16-18H2,2H3/t20?,26-/m0/s1. The number of fused-ring (bicyclic) bond motifs is 1. The van der Waals surface area contributed by atoms with Crippen molar-refractivity contribution in [3.63, 3.8) is 0 Å². The van der Waals surface area contributed by atoms with Crippen LogP contribution in [0.2, 0.25) is 0 Å². The SMILES string of the molecule is C#CC1CCN(Cc2c(CC3CC3)cc(C)c3[nH]ccc23)[C@H](c2ccccc2)C1. The molecule has 2 aromatic carbocycles. The first-order chi connectivity index (χ1) is 14.2. The summed E-state index contributed by atoms with van der Waals surface area (Å²) in [4.78, 5) is 6.15. The van der Waals surface area contributed by atoms with Gasteiger partial charge in [-0.25, -0.2) is 0 Å². The predicted octanol–water partition coefficient (Wildman–Crippen LogP) is 6.02. The molecule has 1 aliphatic carbocycles. The number of aromatic amines is 1. The Morgan fingerprint density at radius 2 is 1.97 bits per heavy atom. The minimum absolute atomic E-state index is 0.382. The second-order valence-corrected chi connectivity index (χ2v) is 9.03. The van der Waals surface area contributed by atoms with Crippen molar-refractivity contribution in [1.82, 2.24) is 9.88 Å². The van der Waals surface area contributed by atoms with Gasteiger partial charge in [-0.2, -0.15) is 0 Å². The Hall–Kier alpha value is -2.50. The fraction of sp³-hybridized carbons (Fsp3) is 0.407. The molecule has 2 fully saturated rings. The lowest BCUT2D eigenvalue weighted by Crippen LogP contribution is -2.36. The normalized spacial score (nSPS) is 22.6. The Bertz CT molecular complexity index is 1040. The van der Waals surface area contributed by atoms with Gasteiger partial charge in [0, 0.05) is 42.1 Å². The van der Waals surface area contributed by atoms with E-state index in [1.54, 1.807) is 5.56 Å². The summed E-state index contributed by atoms with van der Waals surface area (Å²) in [7, 11) is 0. The number of benzene rings is 2. The molecule has 1 aliphatic heterocycles. The van der Waals surface area contributed by atoms with Crippen LogP contribution in [0.3, 0.4) is 0 Å². The number of aromatic nitrogens is 1. The van der Waals surface area contributed by atoms with Gasteiger partial charge >= 0.3 is 0 Å². The van der Waals surface area contributed by atoms with E-state index >= 15 is 0 Å². The molecule has 2 nitrogen and oxygen atoms in total. The minimum atomic E-state index is 0.382. The molecule has 1 N–H and O–H groups in total. The number of piperidine rings is 1. The number of aryl methyl sites for hydroxylation is 1. The van der Waals surface area contributed by atoms with Crippen LogP contribution in [0, 0.1) is 31.1 Å². The highest BCUT2D eigenvalue weighted by molar-refractivity contribution is 5.87. The van der Waals surface area contributed by atoms with E-state index in [0.717, 1.165) is 31.8 Å². The van der Waals surface area contributed by atoms with E-state index in [0.29, 0.717) is 12.0 Å². The third kappa shape index (κ3) is 3.72. The quantitative estimate of drug-likeness (QED) is 0.535. The summed E-state index contributed by atoms with van der Waals surface area (Å²) in [6.45, 7) is 4.31. The molecule has 2 heterocycles. The van der Waals surface area contributed by atoms with Gasteiger partial charge in [-0.1, -0.05) is 36.4 Å². The molecule has 0 bridgehead atoms. The van der Waals surface area contributed by atoms with Crippen molar-refractivity contribution in [3.8, 4) is 12.3 Å². The van der Waals surface area contributed by atoms with Crippen LogP contribution in [0.4, 0.5) is 0 Å². The number of hydrogen-bond donors (Lipinski definition) is 1. The highest BCUT2D eigenvalue weighted by Gasteiger charge is 2.30. The molecular formula is C27H30N2. The van der Waals surface area contributed by atoms with E-state index < -0.39 is 0 Å². The summed E-state index contributed by atoms with van der Waals surface area (Å²) in [5, 5.41) is 1.41. The largest absolute Gasteiger partial charge is 0.361 e. The number of likely N-dealkylation sites (tertiary alicyclic amines) is 1. The third-order valence-corrected chi connectivity index (χ3v) is 6.94. The first-order valence-electron chi connectivity index (χ1n) is 11.1. The molecule has 5 rings (SSSR count). The van der Waals surface area contributed by atoms with Gasteiger partial charge in [0.2, 0.25) is 0 Å². The smallest absolute Gasteiger partial charge is 0.0487 e. The topological polar surface area (TPSA) is 19.0 Å². The summed E-state index contributed by atoms with van der Waals surface area (Å²) in [6, 6.07) is 16.1. The summed E-state index contributed by atoms with van der Waals surface area (Å²) in [5.74, 6) is 4.31. The van der Waals surface area contributed by atoms with Crippen LogP contribution in [0.15, 0.2) is 48.7 Å². The van der Waals surface area contributed by atoms with Gasteiger partial charge in [0.25, 0.3) is 0 Å². The fourth-order valence-corrected chi connectivity index (χ4v) is 5.12. The number of hydrogen-bond acceptors (Lipinski definition) is 1. The molecule has 0 spiro atoms. The maximum Gasteiger partial charge on any atom is 0.0487 e. The minimum Gasteiger partial charge on any atom is -0.361 e. The third-order valence-electron chi connectivity index (χ3n) is 6.94. The van der Waals surface area contributed by atoms with Crippen LogP contribution in [-0.2, 0) is 13.0 Å². The van der Waals surface area contributed by atoms with Crippen molar-refractivity contribution in [1.29, 1.82) is 0 Å². The van der Waals surface area contributed by atoms with Crippen molar-refractivity contribution in [2.24, 2.45) is 11.8 Å². The molecule has 2 aliphatic rings. The van der Waals surface area contributed by atoms with Crippen molar-refractivity contribution in [3.05, 3.63) is 70.9 Å². The Labute approximate surface area is 174 Å². The van der Waals surface area contributed by atoms with E-state index in [9.17, 15) is 0 Å². The van der Waals surface area contributed by atoms with Crippen molar-refractivity contribution < 1.29 is 0 Å². The van der Waals surface area contributed by atoms with Crippen LogP contribution >= 0.6 is 0 Å². The van der Waals surface area contributed by atoms with Crippen LogP contribution in [-0.4, -0.2) is 16.4 Å². The summed E-state index contributed by atoms with van der Waals surface area (Å²) in [6.07, 6.45) is 14.1. The highest BCUT2D eigenvalue weighted by atomic mass is 15.2. The second-order valence-electron chi connectivity index (χ2n) is 9.03. The average Bonchev–Trinajstić information content (AvgIpc) is 3.43. The van der Waals surface area contributed by atoms with Gasteiger partial charge in [-0.05, 0) is 73.3 Å². The van der Waals surface area contributed by atoms with E-state index in [1.807, 2.05) is 0 Å². The number of terminal acetylenes is 1. The van der Waals surface area contributed by atoms with Gasteiger partial charge in [0.15, 0.2) is 0 Å². The van der Waals surface area contributed by atoms with E-state index in [1.165, 1.54) is 46.9 Å². The molecule has 1 aromatic heterocycles. The lowest BCUT2D eigenvalue weighted by Gasteiger charge is -2.39. The highest BCUT2D eigenvalue weighted by Crippen LogP contribution is 2.39. The lowest BCUT2D eigenvalue weighted by atomic mass is 9.86. The molecule has 2 heteroatoms. The molecule has 0 amide bonds. The van der Waals surface area contributed by atoms with Crippen LogP contribution < -0.4 is 0 Å². The molecular weight excluding hydrogens is 352 g/mol. The Balaban J connectivity index is 1.52. The molecule has 148 valence electrons. The van der Waals surface area contributed by atoms with Crippen molar-refractivity contribution in [2.75, 3.05) is 6.54 Å². The van der Waals surface area contributed by atoms with Crippen molar-refractivity contribution in [2.45, 2.75) is 51.6 Å². The van der Waals surface area contributed by atoms with Gasteiger partial charge in [0.1, 0.15) is 0 Å². The van der Waals surface area contributed by atoms with Gasteiger partial charge in [-0.15, -0.1) is 12.3 Å². The molecule has 0 radical (unpaired) electrons. The Kier molecular flexibility index (Phi) is 4.94. The zero-order valence-corrected chi connectivity index (χ0v) is 17.3. The molecule has 3 aromatic rings. The van der Waals surface area contributed by atoms with Gasteiger partial charge in [0.05, 0.1) is 0 Å². The first-order valence-corrected chi connectivity index (χ1v) is 11.1. The molecule has 1 unspecified atom stereocenters. The summed E-state index contributed by atoms with van der Waals surface area (Å²) in [5.41, 5.74) is 7.15. The van der Waals surface area contributed by atoms with E-state index in [-0.39, 0.29) is 0 Å². The van der Waals surface area contributed by atoms with Gasteiger partial charge < -0.3 is 4.98 Å². The molecule has 29 heavy (non-hydrogen) atoms. The number of rotatable bonds is 5. The number of nitrogens with one attached hydrogen (secondary N) is 1. The molecule has 2 atom stereocenters. The summed E-state index contributed by atoms with van der Waals surface area (Å²) >= 11 is 0. The average molecular weight is 383 g/mol. The Morgan fingerprint density at radius 3 is 2.72 bits per heavy atom. The predicted molar refractivity (Wildman–Crippen MR) is 121 cm³/mol. The molecule has 1 saturated carbocycles. The fourth-order valence-electron chi connectivity index (χ4n) is 5.12. The zero-order valence-electron chi connectivity index (χ0n) is 17.3. The second kappa shape index (κ2) is 7.73. The van der Waals surface area contributed by atoms with Crippen LogP contribution in [0.25, 0.3) is 10.9 Å². The van der Waals surface area contributed by atoms with E-state index in [2.05, 4.69) is 71.4 Å². The molecule has 1 saturated heterocycles. The van der Waals surface area contributed by atoms with Crippen LogP contribution in [0.1, 0.15) is 54.0 Å². The lowest BCUT2D eigenvalue weighted by molar-refractivity contribution is 0.121. The maximum absolute atomic E-state index is 5.83. The van der Waals surface area contributed by atoms with Crippen molar-refractivity contribution >= 4 is 10.9 Å². The van der Waals surface area contributed by atoms with Crippen LogP contribution in [0.5, 0.6) is 0 Å². The van der Waals surface area contributed by atoms with E-state index in [4.69, 9.17) is 6.42 Å². The monoisotopic (exact) mass is 382 g/mol. The van der Waals surface area contributed by atoms with Gasteiger partial charge in [-0.3, -0.25) is 4.90 Å².